The van der Waals surface area contributed by atoms with E-state index in [0.717, 1.165) is 48.7 Å². The molecule has 1 saturated heterocycles. The quantitative estimate of drug-likeness (QED) is 0.367. The van der Waals surface area contributed by atoms with E-state index in [9.17, 15) is 4.79 Å². The zero-order chi connectivity index (χ0) is 29.0. The number of carbonyl (C=O) groups excluding carboxylic acids is 1. The Morgan fingerprint density at radius 2 is 1.70 bits per heavy atom. The van der Waals surface area contributed by atoms with Crippen LogP contribution < -0.4 is 5.73 Å². The van der Waals surface area contributed by atoms with E-state index in [2.05, 4.69) is 33.8 Å². The van der Waals surface area contributed by atoms with Gasteiger partial charge in [-0.25, -0.2) is 0 Å². The van der Waals surface area contributed by atoms with Crippen molar-refractivity contribution >= 4 is 5.78 Å². The molecule has 4 saturated carbocycles. The minimum absolute atomic E-state index is 0.193. The van der Waals surface area contributed by atoms with Crippen LogP contribution in [0.3, 0.4) is 0 Å². The van der Waals surface area contributed by atoms with Gasteiger partial charge in [-0.15, -0.1) is 0 Å². The molecule has 9 unspecified atom stereocenters. The van der Waals surface area contributed by atoms with E-state index in [1.54, 1.807) is 0 Å². The standard InChI is InChI=1S/C32H51NO2.C3H8.C2H6/c1-30-15-10-23-20-28(34)22(13-18-33)21-31(23,2)29(30)9-8-25-26(30)12-17-32(14-5-7-27(25)32)16-11-24-6-3-4-19-35-24;1-3-2;1-2/h21,23-27,29H,3-20,33H2,1-2H3;3H2,1-2H3;1-2H3. The number of rotatable bonds is 5. The molecule has 0 aromatic rings. The number of allylic oxidation sites excluding steroid dienone is 1. The first kappa shape index (κ1) is 32.2. The van der Waals surface area contributed by atoms with Gasteiger partial charge >= 0.3 is 0 Å². The molecule has 0 spiro atoms. The Morgan fingerprint density at radius 1 is 0.925 bits per heavy atom. The monoisotopic (exact) mass is 556 g/mol. The molecule has 0 bridgehead atoms. The number of ether oxygens (including phenoxy) is 1. The predicted molar refractivity (Wildman–Crippen MR) is 169 cm³/mol. The minimum Gasteiger partial charge on any atom is -0.378 e. The Hall–Kier alpha value is -0.670. The van der Waals surface area contributed by atoms with E-state index in [-0.39, 0.29) is 5.41 Å². The highest BCUT2D eigenvalue weighted by Crippen LogP contribution is 2.71. The lowest BCUT2D eigenvalue weighted by molar-refractivity contribution is -0.159. The topological polar surface area (TPSA) is 52.3 Å². The van der Waals surface area contributed by atoms with Crippen molar-refractivity contribution in [3.05, 3.63) is 11.6 Å². The Kier molecular flexibility index (Phi) is 11.1. The minimum atomic E-state index is 0.193. The van der Waals surface area contributed by atoms with Crippen molar-refractivity contribution in [2.45, 2.75) is 157 Å². The van der Waals surface area contributed by atoms with Gasteiger partial charge in [0.2, 0.25) is 0 Å². The average molecular weight is 556 g/mol. The normalized spacial score (nSPS) is 43.9. The van der Waals surface area contributed by atoms with E-state index < -0.39 is 0 Å². The lowest BCUT2D eigenvalue weighted by Gasteiger charge is -2.66. The molecule has 6 rings (SSSR count). The van der Waals surface area contributed by atoms with Crippen molar-refractivity contribution in [2.75, 3.05) is 13.2 Å². The van der Waals surface area contributed by atoms with E-state index in [1.165, 1.54) is 96.3 Å². The lowest BCUT2D eigenvalue weighted by atomic mass is 9.39. The number of hydrogen-bond acceptors (Lipinski definition) is 3. The number of Topliss-reactive ketones (excluding diaryl/α,β-unsaturated/α-hetero) is 1. The predicted octanol–water partition coefficient (Wildman–Crippen LogP) is 9.67. The molecule has 5 fully saturated rings. The van der Waals surface area contributed by atoms with Crippen LogP contribution >= 0.6 is 0 Å². The molecule has 1 aliphatic heterocycles. The summed E-state index contributed by atoms with van der Waals surface area (Å²) in [7, 11) is 0. The largest absolute Gasteiger partial charge is 0.378 e. The molecule has 3 heteroatoms. The van der Waals surface area contributed by atoms with E-state index >= 15 is 0 Å². The maximum Gasteiger partial charge on any atom is 0.158 e. The van der Waals surface area contributed by atoms with Crippen molar-refractivity contribution in [1.82, 2.24) is 0 Å². The first-order chi connectivity index (χ1) is 19.3. The zero-order valence-electron chi connectivity index (χ0n) is 27.4. The fourth-order valence-electron chi connectivity index (χ4n) is 11.3. The number of fused-ring (bicyclic) bond motifs is 7. The molecule has 0 aromatic carbocycles. The van der Waals surface area contributed by atoms with Crippen LogP contribution in [-0.4, -0.2) is 25.0 Å². The highest BCUT2D eigenvalue weighted by molar-refractivity contribution is 5.96. The number of carbonyl (C=O) groups is 1. The summed E-state index contributed by atoms with van der Waals surface area (Å²) in [6.45, 7) is 15.1. The second-order valence-electron chi connectivity index (χ2n) is 15.0. The molecule has 0 amide bonds. The van der Waals surface area contributed by atoms with Crippen molar-refractivity contribution < 1.29 is 9.53 Å². The van der Waals surface area contributed by atoms with Crippen LogP contribution in [0.2, 0.25) is 0 Å². The van der Waals surface area contributed by atoms with E-state index in [1.807, 2.05) is 13.8 Å². The Labute approximate surface area is 248 Å². The van der Waals surface area contributed by atoms with Crippen molar-refractivity contribution in [3.8, 4) is 0 Å². The smallest absolute Gasteiger partial charge is 0.158 e. The number of hydrogen-bond donors (Lipinski definition) is 1. The maximum absolute atomic E-state index is 12.9. The van der Waals surface area contributed by atoms with Gasteiger partial charge in [0.05, 0.1) is 6.10 Å². The van der Waals surface area contributed by atoms with Crippen LogP contribution in [0.1, 0.15) is 151 Å². The van der Waals surface area contributed by atoms with Gasteiger partial charge in [-0.3, -0.25) is 4.79 Å². The highest BCUT2D eigenvalue weighted by atomic mass is 16.5. The molecular weight excluding hydrogens is 490 g/mol. The van der Waals surface area contributed by atoms with Crippen molar-refractivity contribution in [3.63, 3.8) is 0 Å². The van der Waals surface area contributed by atoms with Crippen LogP contribution in [0.4, 0.5) is 0 Å². The average Bonchev–Trinajstić information content (AvgIpc) is 3.40. The SMILES string of the molecule is CC.CC12C=C(CCN)C(=O)CC1CCC1(C)C3CCC4(CCC5CCCCO5)CCCC4C3CCC21.CCC. The Bertz CT molecular complexity index is 860. The second-order valence-corrected chi connectivity index (χ2v) is 15.0. The highest BCUT2D eigenvalue weighted by Gasteiger charge is 2.63. The molecule has 230 valence electrons. The van der Waals surface area contributed by atoms with Gasteiger partial charge in [-0.2, -0.15) is 0 Å². The van der Waals surface area contributed by atoms with Gasteiger partial charge < -0.3 is 10.5 Å². The molecule has 40 heavy (non-hydrogen) atoms. The van der Waals surface area contributed by atoms with Gasteiger partial charge in [0, 0.05) is 13.0 Å². The first-order valence-corrected chi connectivity index (χ1v) is 17.9. The van der Waals surface area contributed by atoms with Gasteiger partial charge in [-0.05, 0) is 148 Å². The van der Waals surface area contributed by atoms with Crippen LogP contribution in [0, 0.1) is 45.8 Å². The molecule has 9 atom stereocenters. The summed E-state index contributed by atoms with van der Waals surface area (Å²) in [5, 5.41) is 0. The third-order valence-corrected chi connectivity index (χ3v) is 13.0. The third kappa shape index (κ3) is 5.91. The second kappa shape index (κ2) is 13.7. The summed E-state index contributed by atoms with van der Waals surface area (Å²) < 4.78 is 6.17. The summed E-state index contributed by atoms with van der Waals surface area (Å²) in [5.41, 5.74) is 8.23. The van der Waals surface area contributed by atoms with Gasteiger partial charge in [0.25, 0.3) is 0 Å². The Morgan fingerprint density at radius 3 is 2.40 bits per heavy atom. The summed E-state index contributed by atoms with van der Waals surface area (Å²) in [4.78, 5) is 12.9. The Balaban J connectivity index is 0.000000695. The molecule has 5 aliphatic carbocycles. The fourth-order valence-corrected chi connectivity index (χ4v) is 11.3. The van der Waals surface area contributed by atoms with Gasteiger partial charge in [-0.1, -0.05) is 60.5 Å². The number of ketones is 1. The summed E-state index contributed by atoms with van der Waals surface area (Å²) >= 11 is 0. The fraction of sp³-hybridized carbons (Fsp3) is 0.919. The molecular formula is C37H65NO2. The maximum atomic E-state index is 12.9. The molecule has 1 heterocycles. The van der Waals surface area contributed by atoms with Crippen LogP contribution in [0.25, 0.3) is 0 Å². The molecule has 3 nitrogen and oxygen atoms in total. The summed E-state index contributed by atoms with van der Waals surface area (Å²) in [6.07, 6.45) is 25.3. The molecule has 6 aliphatic rings. The van der Waals surface area contributed by atoms with Crippen LogP contribution in [-0.2, 0) is 9.53 Å². The molecule has 2 N–H and O–H groups in total. The van der Waals surface area contributed by atoms with Crippen molar-refractivity contribution in [2.24, 2.45) is 51.6 Å². The zero-order valence-corrected chi connectivity index (χ0v) is 27.4. The summed E-state index contributed by atoms with van der Waals surface area (Å²) in [5.74, 6) is 4.48. The van der Waals surface area contributed by atoms with Gasteiger partial charge in [0.1, 0.15) is 0 Å². The van der Waals surface area contributed by atoms with E-state index in [0.29, 0.717) is 35.2 Å². The van der Waals surface area contributed by atoms with Crippen LogP contribution in [0.15, 0.2) is 11.6 Å². The van der Waals surface area contributed by atoms with Crippen LogP contribution in [0.5, 0.6) is 0 Å². The summed E-state index contributed by atoms with van der Waals surface area (Å²) in [6, 6.07) is 0. The van der Waals surface area contributed by atoms with Gasteiger partial charge in [0.15, 0.2) is 5.78 Å². The lowest BCUT2D eigenvalue weighted by Crippen LogP contribution is -2.59. The molecule has 0 aromatic heterocycles. The number of nitrogens with two attached hydrogens (primary N) is 1. The first-order valence-electron chi connectivity index (χ1n) is 17.9. The van der Waals surface area contributed by atoms with E-state index in [4.69, 9.17) is 10.5 Å². The van der Waals surface area contributed by atoms with Crippen molar-refractivity contribution in [1.29, 1.82) is 0 Å². The molecule has 0 radical (unpaired) electrons. The third-order valence-electron chi connectivity index (χ3n) is 13.0.